The van der Waals surface area contributed by atoms with Crippen molar-refractivity contribution in [2.75, 3.05) is 12.9 Å². The fourth-order valence-corrected chi connectivity index (χ4v) is 5.64. The zero-order chi connectivity index (χ0) is 10.5. The highest BCUT2D eigenvalue weighted by Gasteiger charge is 2.20. The molecule has 13 heavy (non-hydrogen) atoms. The lowest BCUT2D eigenvalue weighted by Gasteiger charge is -2.21. The Labute approximate surface area is 89.4 Å². The van der Waals surface area contributed by atoms with Gasteiger partial charge in [0, 0.05) is 7.11 Å². The maximum atomic E-state index is 5.51. The molecule has 0 unspecified atom stereocenters. The van der Waals surface area contributed by atoms with Crippen molar-refractivity contribution in [3.05, 3.63) is 0 Å². The summed E-state index contributed by atoms with van der Waals surface area (Å²) in [4.78, 5) is 0. The minimum atomic E-state index is -1.27. The maximum absolute atomic E-state index is 5.51. The molecule has 0 aliphatic heterocycles. The van der Waals surface area contributed by atoms with Gasteiger partial charge in [0.15, 0.2) is 8.32 Å². The Morgan fingerprint density at radius 1 is 1.08 bits per heavy atom. The zero-order valence-electron chi connectivity index (χ0n) is 9.94. The summed E-state index contributed by atoms with van der Waals surface area (Å²) in [6.45, 7) is 11.8. The van der Waals surface area contributed by atoms with E-state index in [0.717, 1.165) is 0 Å². The first-order valence-corrected chi connectivity index (χ1v) is 13.3. The van der Waals surface area contributed by atoms with Crippen LogP contribution in [0, 0.1) is 0 Å². The van der Waals surface area contributed by atoms with E-state index < -0.39 is 15.5 Å². The SMILES string of the molecule is CO[Si](C)(C)CCCS[Si](C)(C)C. The Morgan fingerprint density at radius 2 is 1.62 bits per heavy atom. The van der Waals surface area contributed by atoms with Crippen molar-refractivity contribution >= 4 is 26.8 Å². The Balaban J connectivity index is 3.47. The van der Waals surface area contributed by atoms with Gasteiger partial charge in [0.2, 0.25) is 0 Å². The van der Waals surface area contributed by atoms with Crippen LogP contribution in [0.2, 0.25) is 38.8 Å². The van der Waals surface area contributed by atoms with E-state index in [9.17, 15) is 0 Å². The van der Waals surface area contributed by atoms with Gasteiger partial charge in [0.25, 0.3) is 0 Å². The second-order valence-electron chi connectivity index (χ2n) is 5.03. The second kappa shape index (κ2) is 5.58. The Bertz CT molecular complexity index is 143. The molecule has 0 atom stereocenters. The third kappa shape index (κ3) is 9.06. The van der Waals surface area contributed by atoms with Gasteiger partial charge in [-0.1, -0.05) is 19.6 Å². The summed E-state index contributed by atoms with van der Waals surface area (Å²) in [5, 5.41) is 0. The molecular formula is C9H24OSSi2. The van der Waals surface area contributed by atoms with Crippen molar-refractivity contribution in [2.24, 2.45) is 0 Å². The summed E-state index contributed by atoms with van der Waals surface area (Å²) >= 11 is 2.19. The van der Waals surface area contributed by atoms with Gasteiger partial charge in [-0.2, -0.15) is 11.2 Å². The van der Waals surface area contributed by atoms with E-state index in [1.54, 1.807) is 0 Å². The molecule has 80 valence electrons. The fourth-order valence-electron chi connectivity index (χ4n) is 0.978. The fraction of sp³-hybridized carbons (Fsp3) is 1.00. The summed E-state index contributed by atoms with van der Waals surface area (Å²) in [5.41, 5.74) is 0. The van der Waals surface area contributed by atoms with Crippen molar-refractivity contribution in [2.45, 2.75) is 45.2 Å². The molecule has 0 aliphatic carbocycles. The van der Waals surface area contributed by atoms with Crippen LogP contribution in [0.25, 0.3) is 0 Å². The van der Waals surface area contributed by atoms with Crippen LogP contribution in [0.15, 0.2) is 0 Å². The second-order valence-corrected chi connectivity index (χ2v) is 18.9. The molecule has 0 saturated carbocycles. The normalized spacial score (nSPS) is 13.4. The van der Waals surface area contributed by atoms with Crippen molar-refractivity contribution in [3.63, 3.8) is 0 Å². The molecule has 0 aromatic carbocycles. The van der Waals surface area contributed by atoms with Gasteiger partial charge in [-0.25, -0.2) is 0 Å². The molecule has 0 bridgehead atoms. The number of hydrogen-bond acceptors (Lipinski definition) is 2. The molecule has 0 radical (unpaired) electrons. The van der Waals surface area contributed by atoms with Crippen LogP contribution in [0.4, 0.5) is 0 Å². The van der Waals surface area contributed by atoms with Crippen LogP contribution in [0.1, 0.15) is 6.42 Å². The Morgan fingerprint density at radius 3 is 2.00 bits per heavy atom. The standard InChI is InChI=1S/C9H24OSSi2/c1-10-13(5,6)9-7-8-11-12(2,3)4/h7-9H2,1-6H3. The van der Waals surface area contributed by atoms with E-state index in [1.165, 1.54) is 18.2 Å². The lowest BCUT2D eigenvalue weighted by Crippen LogP contribution is -2.28. The largest absolute Gasteiger partial charge is 0.420 e. The molecule has 0 amide bonds. The summed E-state index contributed by atoms with van der Waals surface area (Å²) in [7, 11) is -0.285. The first-order chi connectivity index (χ1) is 5.77. The van der Waals surface area contributed by atoms with Gasteiger partial charge in [-0.05, 0) is 31.3 Å². The highest BCUT2D eigenvalue weighted by molar-refractivity contribution is 8.28. The molecule has 0 aromatic rings. The van der Waals surface area contributed by atoms with Crippen LogP contribution in [-0.2, 0) is 4.43 Å². The van der Waals surface area contributed by atoms with Crippen molar-refractivity contribution in [1.29, 1.82) is 0 Å². The first kappa shape index (κ1) is 13.7. The first-order valence-electron chi connectivity index (χ1n) is 4.96. The topological polar surface area (TPSA) is 9.23 Å². The molecule has 0 aliphatic rings. The molecule has 0 spiro atoms. The van der Waals surface area contributed by atoms with E-state index in [1.807, 2.05) is 7.11 Å². The average molecular weight is 237 g/mol. The molecule has 0 saturated heterocycles. The maximum Gasteiger partial charge on any atom is 0.186 e. The number of rotatable bonds is 6. The summed E-state index contributed by atoms with van der Waals surface area (Å²) in [6.07, 6.45) is 1.34. The predicted octanol–water partition coefficient (Wildman–Crippen LogP) is 3.80. The van der Waals surface area contributed by atoms with Crippen LogP contribution >= 0.6 is 11.2 Å². The Kier molecular flexibility index (Phi) is 5.90. The minimum Gasteiger partial charge on any atom is -0.420 e. The lowest BCUT2D eigenvalue weighted by molar-refractivity contribution is 0.403. The molecule has 0 fully saturated rings. The average Bonchev–Trinajstić information content (AvgIpc) is 1.97. The van der Waals surface area contributed by atoms with Gasteiger partial charge < -0.3 is 4.43 Å². The van der Waals surface area contributed by atoms with E-state index in [0.29, 0.717) is 0 Å². The van der Waals surface area contributed by atoms with E-state index in [-0.39, 0.29) is 0 Å². The molecule has 0 heterocycles. The summed E-state index contributed by atoms with van der Waals surface area (Å²) < 4.78 is 5.51. The third-order valence-corrected chi connectivity index (χ3v) is 9.24. The van der Waals surface area contributed by atoms with Gasteiger partial charge in [0.05, 0.1) is 0 Å². The quantitative estimate of drug-likeness (QED) is 0.512. The molecule has 0 N–H and O–H groups in total. The lowest BCUT2D eigenvalue weighted by atomic mass is 10.6. The van der Waals surface area contributed by atoms with Gasteiger partial charge in [0.1, 0.15) is 7.22 Å². The van der Waals surface area contributed by atoms with E-state index >= 15 is 0 Å². The van der Waals surface area contributed by atoms with Crippen molar-refractivity contribution < 1.29 is 4.43 Å². The van der Waals surface area contributed by atoms with Gasteiger partial charge >= 0.3 is 0 Å². The molecule has 1 nitrogen and oxygen atoms in total. The van der Waals surface area contributed by atoms with Crippen LogP contribution < -0.4 is 0 Å². The summed E-state index contributed by atoms with van der Waals surface area (Å²) in [5.74, 6) is 1.33. The van der Waals surface area contributed by atoms with Crippen molar-refractivity contribution in [1.82, 2.24) is 0 Å². The van der Waals surface area contributed by atoms with E-state index in [4.69, 9.17) is 4.43 Å². The highest BCUT2D eigenvalue weighted by Crippen LogP contribution is 2.22. The molecule has 0 aromatic heterocycles. The zero-order valence-corrected chi connectivity index (χ0v) is 12.8. The summed E-state index contributed by atoms with van der Waals surface area (Å²) in [6, 6.07) is 1.31. The predicted molar refractivity (Wildman–Crippen MR) is 69.7 cm³/mol. The molecule has 4 heteroatoms. The highest BCUT2D eigenvalue weighted by atomic mass is 32.4. The Hall–Kier alpha value is 0.744. The van der Waals surface area contributed by atoms with Crippen LogP contribution in [0.3, 0.4) is 0 Å². The monoisotopic (exact) mass is 236 g/mol. The van der Waals surface area contributed by atoms with Crippen LogP contribution in [0.5, 0.6) is 0 Å². The van der Waals surface area contributed by atoms with Crippen LogP contribution in [-0.4, -0.2) is 28.4 Å². The molecule has 0 rings (SSSR count). The molecular weight excluding hydrogens is 212 g/mol. The van der Waals surface area contributed by atoms with Gasteiger partial charge in [-0.15, -0.1) is 0 Å². The van der Waals surface area contributed by atoms with E-state index in [2.05, 4.69) is 43.9 Å². The minimum absolute atomic E-state index is 0.872. The number of hydrogen-bond donors (Lipinski definition) is 0. The van der Waals surface area contributed by atoms with Crippen molar-refractivity contribution in [3.8, 4) is 0 Å². The van der Waals surface area contributed by atoms with Gasteiger partial charge in [-0.3, -0.25) is 0 Å². The third-order valence-electron chi connectivity index (χ3n) is 2.01. The smallest absolute Gasteiger partial charge is 0.186 e.